The minimum absolute atomic E-state index is 0.0368. The van der Waals surface area contributed by atoms with Gasteiger partial charge >= 0.3 is 0 Å². The maximum atomic E-state index is 10.6. The van der Waals surface area contributed by atoms with Crippen molar-refractivity contribution in [2.24, 2.45) is 0 Å². The predicted octanol–water partition coefficient (Wildman–Crippen LogP) is 1.14. The van der Waals surface area contributed by atoms with Gasteiger partial charge in [0.15, 0.2) is 0 Å². The molecule has 0 aliphatic carbocycles. The van der Waals surface area contributed by atoms with E-state index in [1.807, 2.05) is 0 Å². The molecule has 0 fully saturated rings. The Labute approximate surface area is 72.3 Å². The van der Waals surface area contributed by atoms with Crippen molar-refractivity contribution in [1.29, 1.82) is 0 Å². The fourth-order valence-electron chi connectivity index (χ4n) is 0.627. The molecule has 0 saturated heterocycles. The lowest BCUT2D eigenvalue weighted by Gasteiger charge is -1.99. The molecule has 11 heavy (non-hydrogen) atoms. The number of unbranched alkanes of at least 4 members (excludes halogenated alkanes) is 2. The Morgan fingerprint density at radius 1 is 1.55 bits per heavy atom. The number of carbonyl (C=O) groups is 1. The number of terminal acetylenes is 1. The summed E-state index contributed by atoms with van der Waals surface area (Å²) in [5, 5.41) is 2.65. The third-order valence-corrected chi connectivity index (χ3v) is 1.43. The topological polar surface area (TPSA) is 29.1 Å². The molecule has 0 aliphatic heterocycles. The van der Waals surface area contributed by atoms with Crippen LogP contribution in [0.15, 0.2) is 0 Å². The van der Waals surface area contributed by atoms with Crippen LogP contribution in [-0.4, -0.2) is 18.3 Å². The van der Waals surface area contributed by atoms with Crippen LogP contribution in [0.1, 0.15) is 19.3 Å². The van der Waals surface area contributed by atoms with Gasteiger partial charge in [0.25, 0.3) is 0 Å². The molecule has 0 aromatic rings. The van der Waals surface area contributed by atoms with E-state index < -0.39 is 0 Å². The van der Waals surface area contributed by atoms with Gasteiger partial charge in [-0.25, -0.2) is 0 Å². The molecule has 0 saturated carbocycles. The summed E-state index contributed by atoms with van der Waals surface area (Å²) < 4.78 is 0. The summed E-state index contributed by atoms with van der Waals surface area (Å²) in [4.78, 5) is 10.6. The number of alkyl halides is 1. The highest BCUT2D eigenvalue weighted by atomic mass is 35.5. The number of hydrogen-bond acceptors (Lipinski definition) is 1. The van der Waals surface area contributed by atoms with Gasteiger partial charge in [0.2, 0.25) is 5.91 Å². The summed E-state index contributed by atoms with van der Waals surface area (Å²) in [6.07, 6.45) is 7.69. The summed E-state index contributed by atoms with van der Waals surface area (Å²) in [5.41, 5.74) is 0. The Kier molecular flexibility index (Phi) is 6.97. The minimum atomic E-state index is -0.118. The molecule has 0 aromatic heterocycles. The predicted molar refractivity (Wildman–Crippen MR) is 46.4 cm³/mol. The fourth-order valence-corrected chi connectivity index (χ4v) is 0.722. The number of nitrogens with one attached hydrogen (secondary N) is 1. The van der Waals surface area contributed by atoms with Crippen molar-refractivity contribution in [2.45, 2.75) is 19.3 Å². The zero-order valence-electron chi connectivity index (χ0n) is 6.40. The van der Waals surface area contributed by atoms with E-state index in [0.29, 0.717) is 6.54 Å². The van der Waals surface area contributed by atoms with Crippen molar-refractivity contribution in [2.75, 3.05) is 12.4 Å². The Morgan fingerprint density at radius 3 is 2.82 bits per heavy atom. The number of hydrogen-bond donors (Lipinski definition) is 1. The lowest BCUT2D eigenvalue weighted by Crippen LogP contribution is -2.25. The van der Waals surface area contributed by atoms with Crippen molar-refractivity contribution >= 4 is 17.5 Å². The normalized spacial score (nSPS) is 8.73. The van der Waals surface area contributed by atoms with Crippen molar-refractivity contribution in [3.63, 3.8) is 0 Å². The van der Waals surface area contributed by atoms with Crippen molar-refractivity contribution in [3.05, 3.63) is 0 Å². The molecule has 0 aliphatic rings. The SMILES string of the molecule is C#CCCCCNC(=O)CCl. The first kappa shape index (κ1) is 10.3. The first-order valence-corrected chi connectivity index (χ1v) is 4.11. The van der Waals surface area contributed by atoms with Gasteiger partial charge in [-0.1, -0.05) is 0 Å². The molecule has 0 atom stereocenters. The lowest BCUT2D eigenvalue weighted by atomic mass is 10.2. The van der Waals surface area contributed by atoms with Crippen LogP contribution in [0.25, 0.3) is 0 Å². The maximum absolute atomic E-state index is 10.6. The third kappa shape index (κ3) is 7.21. The van der Waals surface area contributed by atoms with E-state index in [4.69, 9.17) is 18.0 Å². The van der Waals surface area contributed by atoms with E-state index in [1.54, 1.807) is 0 Å². The number of carbonyl (C=O) groups excluding carboxylic acids is 1. The average molecular weight is 174 g/mol. The number of halogens is 1. The summed E-state index contributed by atoms with van der Waals surface area (Å²) in [6.45, 7) is 0.674. The summed E-state index contributed by atoms with van der Waals surface area (Å²) in [7, 11) is 0. The Bertz CT molecular complexity index is 151. The van der Waals surface area contributed by atoms with Crippen LogP contribution in [0, 0.1) is 12.3 Å². The largest absolute Gasteiger partial charge is 0.355 e. The molecule has 0 rings (SSSR count). The molecule has 1 amide bonds. The molecule has 0 aromatic carbocycles. The zero-order valence-corrected chi connectivity index (χ0v) is 7.16. The molecule has 1 N–H and O–H groups in total. The van der Waals surface area contributed by atoms with Crippen molar-refractivity contribution in [3.8, 4) is 12.3 Å². The van der Waals surface area contributed by atoms with E-state index in [9.17, 15) is 4.79 Å². The smallest absolute Gasteiger partial charge is 0.234 e. The van der Waals surface area contributed by atoms with Crippen molar-refractivity contribution < 1.29 is 4.79 Å². The molecular formula is C8H12ClNO. The van der Waals surface area contributed by atoms with Crippen LogP contribution < -0.4 is 5.32 Å². The fraction of sp³-hybridized carbons (Fsp3) is 0.625. The van der Waals surface area contributed by atoms with Gasteiger partial charge in [0.1, 0.15) is 5.88 Å². The van der Waals surface area contributed by atoms with E-state index in [0.717, 1.165) is 19.3 Å². The van der Waals surface area contributed by atoms with Gasteiger partial charge in [0.05, 0.1) is 0 Å². The standard InChI is InChI=1S/C8H12ClNO/c1-2-3-4-5-6-10-8(11)7-9/h1H,3-7H2,(H,10,11). The number of rotatable bonds is 5. The second kappa shape index (κ2) is 7.43. The molecule has 0 radical (unpaired) electrons. The second-order valence-electron chi connectivity index (χ2n) is 2.14. The van der Waals surface area contributed by atoms with Gasteiger partial charge in [-0.3, -0.25) is 4.79 Å². The Balaban J connectivity index is 3.03. The van der Waals surface area contributed by atoms with Gasteiger partial charge in [-0.2, -0.15) is 0 Å². The van der Waals surface area contributed by atoms with Crippen LogP contribution in [0.4, 0.5) is 0 Å². The van der Waals surface area contributed by atoms with Gasteiger partial charge in [-0.05, 0) is 12.8 Å². The van der Waals surface area contributed by atoms with Crippen LogP contribution in [0.2, 0.25) is 0 Å². The summed E-state index contributed by atoms with van der Waals surface area (Å²) in [5.74, 6) is 2.45. The second-order valence-corrected chi connectivity index (χ2v) is 2.41. The van der Waals surface area contributed by atoms with Crippen LogP contribution in [0.3, 0.4) is 0 Å². The number of amides is 1. The van der Waals surface area contributed by atoms with Crippen LogP contribution >= 0.6 is 11.6 Å². The average Bonchev–Trinajstić information content (AvgIpc) is 2.04. The molecule has 0 heterocycles. The molecule has 0 spiro atoms. The van der Waals surface area contributed by atoms with Gasteiger partial charge in [-0.15, -0.1) is 23.9 Å². The van der Waals surface area contributed by atoms with E-state index in [1.165, 1.54) is 0 Å². The highest BCUT2D eigenvalue weighted by molar-refractivity contribution is 6.27. The molecule has 2 nitrogen and oxygen atoms in total. The van der Waals surface area contributed by atoms with Crippen LogP contribution in [-0.2, 0) is 4.79 Å². The van der Waals surface area contributed by atoms with E-state index >= 15 is 0 Å². The highest BCUT2D eigenvalue weighted by Crippen LogP contribution is 1.91. The maximum Gasteiger partial charge on any atom is 0.234 e. The molecule has 3 heteroatoms. The minimum Gasteiger partial charge on any atom is -0.355 e. The molecule has 0 unspecified atom stereocenters. The quantitative estimate of drug-likeness (QED) is 0.377. The molecule has 62 valence electrons. The van der Waals surface area contributed by atoms with Gasteiger partial charge < -0.3 is 5.32 Å². The van der Waals surface area contributed by atoms with Gasteiger partial charge in [0, 0.05) is 13.0 Å². The lowest BCUT2D eigenvalue weighted by molar-refractivity contribution is -0.118. The monoisotopic (exact) mass is 173 g/mol. The molecule has 0 bridgehead atoms. The zero-order chi connectivity index (χ0) is 8.53. The van der Waals surface area contributed by atoms with E-state index in [2.05, 4.69) is 11.2 Å². The third-order valence-electron chi connectivity index (χ3n) is 1.19. The summed E-state index contributed by atoms with van der Waals surface area (Å²) >= 11 is 5.25. The Hall–Kier alpha value is -0.680. The Morgan fingerprint density at radius 2 is 2.27 bits per heavy atom. The summed E-state index contributed by atoms with van der Waals surface area (Å²) in [6, 6.07) is 0. The first-order valence-electron chi connectivity index (χ1n) is 3.57. The van der Waals surface area contributed by atoms with Crippen molar-refractivity contribution in [1.82, 2.24) is 5.32 Å². The van der Waals surface area contributed by atoms with Crippen LogP contribution in [0.5, 0.6) is 0 Å². The highest BCUT2D eigenvalue weighted by Gasteiger charge is 1.94. The van der Waals surface area contributed by atoms with E-state index in [-0.39, 0.29) is 11.8 Å². The first-order chi connectivity index (χ1) is 5.31. The molecular weight excluding hydrogens is 162 g/mol.